The summed E-state index contributed by atoms with van der Waals surface area (Å²) in [7, 11) is 0. The van der Waals surface area contributed by atoms with Crippen LogP contribution in [0.1, 0.15) is 35.8 Å². The summed E-state index contributed by atoms with van der Waals surface area (Å²) < 4.78 is 13.1. The van der Waals surface area contributed by atoms with Gasteiger partial charge in [-0.15, -0.1) is 0 Å². The quantitative estimate of drug-likeness (QED) is 0.702. The molecule has 144 valence electrons. The Morgan fingerprint density at radius 2 is 1.96 bits per heavy atom. The van der Waals surface area contributed by atoms with Crippen LogP contribution < -0.4 is 15.0 Å². The first-order valence-electron chi connectivity index (χ1n) is 9.81. The minimum atomic E-state index is -0.0202. The maximum atomic E-state index is 12.6. The fourth-order valence-electron chi connectivity index (χ4n) is 4.31. The monoisotopic (exact) mass is 377 g/mol. The van der Waals surface area contributed by atoms with Crippen molar-refractivity contribution in [3.05, 3.63) is 69.8 Å². The predicted octanol–water partition coefficient (Wildman–Crippen LogP) is 3.11. The Hall–Kier alpha value is -2.86. The SMILES string of the molecule is Cc1cccc2nc(CN3CCCC3c3ccc4c(c3)OCCO4)cc(=O)n12. The van der Waals surface area contributed by atoms with Crippen molar-refractivity contribution < 1.29 is 9.47 Å². The van der Waals surface area contributed by atoms with Crippen LogP contribution in [0.2, 0.25) is 0 Å². The van der Waals surface area contributed by atoms with E-state index < -0.39 is 0 Å². The van der Waals surface area contributed by atoms with Crippen molar-refractivity contribution in [2.45, 2.75) is 32.4 Å². The van der Waals surface area contributed by atoms with Gasteiger partial charge in [-0.05, 0) is 56.1 Å². The maximum Gasteiger partial charge on any atom is 0.258 e. The second kappa shape index (κ2) is 6.95. The minimum absolute atomic E-state index is 0.0202. The van der Waals surface area contributed by atoms with Crippen molar-refractivity contribution in [3.8, 4) is 11.5 Å². The first-order chi connectivity index (χ1) is 13.7. The number of benzene rings is 1. The van der Waals surface area contributed by atoms with E-state index in [-0.39, 0.29) is 5.56 Å². The van der Waals surface area contributed by atoms with E-state index in [1.807, 2.05) is 31.2 Å². The number of pyridine rings is 1. The van der Waals surface area contributed by atoms with Crippen LogP contribution in [0.15, 0.2) is 47.3 Å². The molecule has 1 unspecified atom stereocenters. The third-order valence-electron chi connectivity index (χ3n) is 5.61. The molecule has 0 aliphatic carbocycles. The second-order valence-electron chi connectivity index (χ2n) is 7.48. The minimum Gasteiger partial charge on any atom is -0.486 e. The van der Waals surface area contributed by atoms with Crippen LogP contribution in [-0.4, -0.2) is 34.0 Å². The maximum absolute atomic E-state index is 12.6. The largest absolute Gasteiger partial charge is 0.486 e. The standard InChI is InChI=1S/C22H23N3O3/c1-15-4-2-6-21-23-17(13-22(26)25(15)21)14-24-9-3-5-18(24)16-7-8-19-20(12-16)28-11-10-27-19/h2,4,6-8,12-13,18H,3,5,9-11,14H2,1H3. The van der Waals surface area contributed by atoms with Crippen molar-refractivity contribution in [1.29, 1.82) is 0 Å². The average Bonchev–Trinajstić information content (AvgIpc) is 3.15. The predicted molar refractivity (Wildman–Crippen MR) is 106 cm³/mol. The highest BCUT2D eigenvalue weighted by Gasteiger charge is 2.28. The first-order valence-corrected chi connectivity index (χ1v) is 9.81. The Morgan fingerprint density at radius 1 is 1.11 bits per heavy atom. The zero-order chi connectivity index (χ0) is 19.1. The summed E-state index contributed by atoms with van der Waals surface area (Å²) in [6.45, 7) is 4.78. The summed E-state index contributed by atoms with van der Waals surface area (Å²) in [5.41, 5.74) is 3.64. The van der Waals surface area contributed by atoms with Crippen LogP contribution in [-0.2, 0) is 6.54 Å². The van der Waals surface area contributed by atoms with E-state index in [0.717, 1.165) is 42.3 Å². The highest BCUT2D eigenvalue weighted by atomic mass is 16.6. The number of aryl methyl sites for hydroxylation is 1. The van der Waals surface area contributed by atoms with Gasteiger partial charge >= 0.3 is 0 Å². The molecule has 0 saturated carbocycles. The summed E-state index contributed by atoms with van der Waals surface area (Å²) in [6, 6.07) is 14.0. The lowest BCUT2D eigenvalue weighted by Gasteiger charge is -2.26. The number of ether oxygens (including phenoxy) is 2. The van der Waals surface area contributed by atoms with Crippen molar-refractivity contribution in [3.63, 3.8) is 0 Å². The normalized spacial score (nSPS) is 19.2. The van der Waals surface area contributed by atoms with Gasteiger partial charge in [-0.1, -0.05) is 12.1 Å². The summed E-state index contributed by atoms with van der Waals surface area (Å²) >= 11 is 0. The summed E-state index contributed by atoms with van der Waals surface area (Å²) in [5.74, 6) is 1.65. The molecule has 2 aromatic heterocycles. The van der Waals surface area contributed by atoms with Gasteiger partial charge in [0.15, 0.2) is 11.5 Å². The molecular weight excluding hydrogens is 354 g/mol. The molecular formula is C22H23N3O3. The van der Waals surface area contributed by atoms with Crippen LogP contribution in [0, 0.1) is 6.92 Å². The number of nitrogens with zero attached hydrogens (tertiary/aromatic N) is 3. The Morgan fingerprint density at radius 3 is 2.86 bits per heavy atom. The van der Waals surface area contributed by atoms with Gasteiger partial charge in [0.1, 0.15) is 18.9 Å². The number of fused-ring (bicyclic) bond motifs is 2. The zero-order valence-electron chi connectivity index (χ0n) is 15.9. The molecule has 3 aromatic rings. The van der Waals surface area contributed by atoms with Crippen LogP contribution in [0.3, 0.4) is 0 Å². The van der Waals surface area contributed by atoms with E-state index in [4.69, 9.17) is 14.5 Å². The van der Waals surface area contributed by atoms with E-state index >= 15 is 0 Å². The van der Waals surface area contributed by atoms with Crippen LogP contribution in [0.5, 0.6) is 11.5 Å². The molecule has 0 amide bonds. The zero-order valence-corrected chi connectivity index (χ0v) is 15.9. The third-order valence-corrected chi connectivity index (χ3v) is 5.61. The molecule has 6 heteroatoms. The van der Waals surface area contributed by atoms with Gasteiger partial charge in [0.2, 0.25) is 0 Å². The molecule has 0 spiro atoms. The molecule has 1 atom stereocenters. The lowest BCUT2D eigenvalue weighted by molar-refractivity contribution is 0.170. The van der Waals surface area contributed by atoms with Gasteiger partial charge in [0.25, 0.3) is 5.56 Å². The molecule has 6 nitrogen and oxygen atoms in total. The fourth-order valence-corrected chi connectivity index (χ4v) is 4.31. The Balaban J connectivity index is 1.43. The first kappa shape index (κ1) is 17.3. The van der Waals surface area contributed by atoms with Gasteiger partial charge in [-0.25, -0.2) is 4.98 Å². The van der Waals surface area contributed by atoms with Crippen molar-refractivity contribution in [1.82, 2.24) is 14.3 Å². The number of hydrogen-bond donors (Lipinski definition) is 0. The van der Waals surface area contributed by atoms with Gasteiger partial charge < -0.3 is 9.47 Å². The molecule has 1 fully saturated rings. The second-order valence-corrected chi connectivity index (χ2v) is 7.48. The van der Waals surface area contributed by atoms with Crippen molar-refractivity contribution in [2.75, 3.05) is 19.8 Å². The number of likely N-dealkylation sites (tertiary alicyclic amines) is 1. The number of rotatable bonds is 3. The van der Waals surface area contributed by atoms with Crippen LogP contribution in [0.4, 0.5) is 0 Å². The Kier molecular flexibility index (Phi) is 4.28. The molecule has 0 N–H and O–H groups in total. The van der Waals surface area contributed by atoms with E-state index in [9.17, 15) is 4.79 Å². The topological polar surface area (TPSA) is 56.1 Å². The van der Waals surface area contributed by atoms with Crippen LogP contribution >= 0.6 is 0 Å². The molecule has 1 saturated heterocycles. The van der Waals surface area contributed by atoms with E-state index in [1.54, 1.807) is 10.5 Å². The highest BCUT2D eigenvalue weighted by Crippen LogP contribution is 2.38. The molecule has 0 bridgehead atoms. The van der Waals surface area contributed by atoms with E-state index in [0.29, 0.717) is 31.4 Å². The number of aromatic nitrogens is 2. The van der Waals surface area contributed by atoms with Crippen LogP contribution in [0.25, 0.3) is 5.65 Å². The van der Waals surface area contributed by atoms with Gasteiger partial charge in [-0.3, -0.25) is 14.1 Å². The van der Waals surface area contributed by atoms with E-state index in [2.05, 4.69) is 17.0 Å². The van der Waals surface area contributed by atoms with Crippen molar-refractivity contribution >= 4 is 5.65 Å². The average molecular weight is 377 g/mol. The Bertz CT molecular complexity index is 1090. The Labute approximate surface area is 163 Å². The summed E-state index contributed by atoms with van der Waals surface area (Å²) in [6.07, 6.45) is 2.22. The summed E-state index contributed by atoms with van der Waals surface area (Å²) in [4.78, 5) is 19.7. The molecule has 2 aliphatic rings. The summed E-state index contributed by atoms with van der Waals surface area (Å²) in [5, 5.41) is 0. The third kappa shape index (κ3) is 3.03. The smallest absolute Gasteiger partial charge is 0.258 e. The lowest BCUT2D eigenvalue weighted by Crippen LogP contribution is -2.26. The molecule has 28 heavy (non-hydrogen) atoms. The molecule has 0 radical (unpaired) electrons. The molecule has 1 aromatic carbocycles. The molecule has 5 rings (SSSR count). The van der Waals surface area contributed by atoms with Crippen molar-refractivity contribution in [2.24, 2.45) is 0 Å². The van der Waals surface area contributed by atoms with Gasteiger partial charge in [0, 0.05) is 24.3 Å². The molecule has 2 aliphatic heterocycles. The highest BCUT2D eigenvalue weighted by molar-refractivity contribution is 5.45. The lowest BCUT2D eigenvalue weighted by atomic mass is 10.0. The van der Waals surface area contributed by atoms with Gasteiger partial charge in [-0.2, -0.15) is 0 Å². The fraction of sp³-hybridized carbons (Fsp3) is 0.364. The molecule has 4 heterocycles. The van der Waals surface area contributed by atoms with Gasteiger partial charge in [0.05, 0.1) is 5.69 Å². The van der Waals surface area contributed by atoms with E-state index in [1.165, 1.54) is 5.56 Å². The number of hydrogen-bond acceptors (Lipinski definition) is 5.